The highest BCUT2D eigenvalue weighted by molar-refractivity contribution is 7.89. The molecule has 2 aromatic carbocycles. The van der Waals surface area contributed by atoms with Gasteiger partial charge in [0.1, 0.15) is 0 Å². The Morgan fingerprint density at radius 1 is 1.12 bits per heavy atom. The highest BCUT2D eigenvalue weighted by Crippen LogP contribution is 2.24. The van der Waals surface area contributed by atoms with E-state index in [2.05, 4.69) is 15.0 Å². The van der Waals surface area contributed by atoms with Crippen LogP contribution in [0.25, 0.3) is 11.3 Å². The lowest BCUT2D eigenvalue weighted by Gasteiger charge is -2.08. The van der Waals surface area contributed by atoms with E-state index in [0.717, 1.165) is 16.3 Å². The van der Waals surface area contributed by atoms with Crippen molar-refractivity contribution in [3.05, 3.63) is 64.5 Å². The van der Waals surface area contributed by atoms with Gasteiger partial charge in [-0.2, -0.15) is 0 Å². The van der Waals surface area contributed by atoms with Crippen molar-refractivity contribution < 1.29 is 13.2 Å². The maximum Gasteiger partial charge on any atom is 0.255 e. The molecule has 0 aliphatic rings. The Hall–Kier alpha value is -2.55. The van der Waals surface area contributed by atoms with Gasteiger partial charge in [-0.25, -0.2) is 18.1 Å². The summed E-state index contributed by atoms with van der Waals surface area (Å²) in [6, 6.07) is 13.2. The summed E-state index contributed by atoms with van der Waals surface area (Å²) in [5.41, 5.74) is 2.63. The van der Waals surface area contributed by atoms with E-state index in [1.807, 2.05) is 30.5 Å². The van der Waals surface area contributed by atoms with Crippen molar-refractivity contribution in [3.63, 3.8) is 0 Å². The summed E-state index contributed by atoms with van der Waals surface area (Å²) in [4.78, 5) is 17.0. The number of benzene rings is 2. The van der Waals surface area contributed by atoms with Crippen LogP contribution in [0.4, 0.5) is 5.69 Å². The van der Waals surface area contributed by atoms with Crippen molar-refractivity contribution in [1.82, 2.24) is 9.71 Å². The number of anilines is 1. The number of rotatable bonds is 5. The van der Waals surface area contributed by atoms with Crippen molar-refractivity contribution in [2.75, 3.05) is 12.4 Å². The molecule has 0 fully saturated rings. The molecule has 8 heteroatoms. The van der Waals surface area contributed by atoms with Crippen molar-refractivity contribution in [1.29, 1.82) is 0 Å². The van der Waals surface area contributed by atoms with Gasteiger partial charge in [0.25, 0.3) is 5.91 Å². The van der Waals surface area contributed by atoms with Gasteiger partial charge >= 0.3 is 0 Å². The molecular weight excluding hydrogens is 370 g/mol. The zero-order chi connectivity index (χ0) is 18.7. The highest BCUT2D eigenvalue weighted by atomic mass is 32.2. The van der Waals surface area contributed by atoms with Gasteiger partial charge in [0.15, 0.2) is 0 Å². The zero-order valence-electron chi connectivity index (χ0n) is 14.2. The van der Waals surface area contributed by atoms with Gasteiger partial charge < -0.3 is 5.32 Å². The minimum atomic E-state index is -3.60. The number of carbonyl (C=O) groups is 1. The van der Waals surface area contributed by atoms with E-state index in [-0.39, 0.29) is 16.4 Å². The van der Waals surface area contributed by atoms with Gasteiger partial charge in [-0.1, -0.05) is 18.2 Å². The van der Waals surface area contributed by atoms with Crippen molar-refractivity contribution in [3.8, 4) is 11.3 Å². The van der Waals surface area contributed by atoms with Crippen LogP contribution in [0.5, 0.6) is 0 Å². The van der Waals surface area contributed by atoms with Gasteiger partial charge in [-0.05, 0) is 44.3 Å². The second-order valence-corrected chi connectivity index (χ2v) is 8.47. The Morgan fingerprint density at radius 2 is 1.88 bits per heavy atom. The van der Waals surface area contributed by atoms with E-state index >= 15 is 0 Å². The first-order valence-corrected chi connectivity index (χ1v) is 10.1. The van der Waals surface area contributed by atoms with Gasteiger partial charge in [0, 0.05) is 22.2 Å². The first kappa shape index (κ1) is 18.2. The fourth-order valence-electron chi connectivity index (χ4n) is 2.38. The summed E-state index contributed by atoms with van der Waals surface area (Å²) in [5, 5.41) is 5.72. The number of carbonyl (C=O) groups excluding carboxylic acids is 1. The third-order valence-electron chi connectivity index (χ3n) is 3.71. The number of aromatic nitrogens is 1. The lowest BCUT2D eigenvalue weighted by Crippen LogP contribution is -2.19. The zero-order valence-corrected chi connectivity index (χ0v) is 15.8. The molecule has 0 radical (unpaired) electrons. The number of aryl methyl sites for hydroxylation is 1. The highest BCUT2D eigenvalue weighted by Gasteiger charge is 2.14. The normalized spacial score (nSPS) is 11.3. The van der Waals surface area contributed by atoms with Crippen molar-refractivity contribution in [2.45, 2.75) is 11.8 Å². The SMILES string of the molecule is CNS(=O)(=O)c1cccc(C(=O)Nc2cccc(-c3csc(C)n3)c2)c1. The molecule has 3 rings (SSSR count). The average molecular weight is 387 g/mol. The summed E-state index contributed by atoms with van der Waals surface area (Å²) in [7, 11) is -2.28. The van der Waals surface area contributed by atoms with E-state index in [9.17, 15) is 13.2 Å². The Labute approximate surface area is 156 Å². The molecule has 3 aromatic rings. The third kappa shape index (κ3) is 3.98. The van der Waals surface area contributed by atoms with Crippen molar-refractivity contribution in [2.24, 2.45) is 0 Å². The van der Waals surface area contributed by atoms with Crippen LogP contribution < -0.4 is 10.0 Å². The lowest BCUT2D eigenvalue weighted by molar-refractivity contribution is 0.102. The second-order valence-electron chi connectivity index (χ2n) is 5.52. The molecule has 26 heavy (non-hydrogen) atoms. The summed E-state index contributed by atoms with van der Waals surface area (Å²) in [6.07, 6.45) is 0. The second kappa shape index (κ2) is 7.36. The first-order chi connectivity index (χ1) is 12.4. The molecule has 0 saturated heterocycles. The Bertz CT molecular complexity index is 1060. The molecule has 0 atom stereocenters. The van der Waals surface area contributed by atoms with Crippen molar-refractivity contribution >= 4 is 33.0 Å². The van der Waals surface area contributed by atoms with Crippen LogP contribution >= 0.6 is 11.3 Å². The molecule has 0 bridgehead atoms. The predicted octanol–water partition coefficient (Wildman–Crippen LogP) is 3.28. The van der Waals surface area contributed by atoms with Crippen LogP contribution in [0.3, 0.4) is 0 Å². The summed E-state index contributed by atoms with van der Waals surface area (Å²) in [5.74, 6) is -0.384. The molecule has 0 saturated carbocycles. The molecule has 1 aromatic heterocycles. The van der Waals surface area contributed by atoms with Crippen LogP contribution in [0.1, 0.15) is 15.4 Å². The number of amides is 1. The van der Waals surface area contributed by atoms with Crippen LogP contribution in [0.2, 0.25) is 0 Å². The maximum absolute atomic E-state index is 12.5. The summed E-state index contributed by atoms with van der Waals surface area (Å²) < 4.78 is 26.0. The summed E-state index contributed by atoms with van der Waals surface area (Å²) >= 11 is 1.56. The minimum Gasteiger partial charge on any atom is -0.322 e. The van der Waals surface area contributed by atoms with Gasteiger partial charge in [-0.3, -0.25) is 4.79 Å². The monoisotopic (exact) mass is 387 g/mol. The van der Waals surface area contributed by atoms with E-state index < -0.39 is 10.0 Å². The minimum absolute atomic E-state index is 0.0411. The fraction of sp³-hybridized carbons (Fsp3) is 0.111. The molecule has 0 aliphatic carbocycles. The quantitative estimate of drug-likeness (QED) is 0.703. The predicted molar refractivity (Wildman–Crippen MR) is 103 cm³/mol. The topological polar surface area (TPSA) is 88.2 Å². The van der Waals surface area contributed by atoms with Crippen LogP contribution in [0.15, 0.2) is 58.8 Å². The first-order valence-electron chi connectivity index (χ1n) is 7.76. The molecule has 2 N–H and O–H groups in total. The molecule has 6 nitrogen and oxygen atoms in total. The maximum atomic E-state index is 12.5. The number of nitrogens with zero attached hydrogens (tertiary/aromatic N) is 1. The number of thiazole rings is 1. The molecule has 0 unspecified atom stereocenters. The summed E-state index contributed by atoms with van der Waals surface area (Å²) in [6.45, 7) is 1.94. The van der Waals surface area contributed by atoms with Gasteiger partial charge in [0.05, 0.1) is 15.6 Å². The van der Waals surface area contributed by atoms with Crippen LogP contribution in [0, 0.1) is 6.92 Å². The van der Waals surface area contributed by atoms with Crippen LogP contribution in [-0.2, 0) is 10.0 Å². The largest absolute Gasteiger partial charge is 0.322 e. The lowest BCUT2D eigenvalue weighted by atomic mass is 10.1. The molecule has 0 spiro atoms. The smallest absolute Gasteiger partial charge is 0.255 e. The average Bonchev–Trinajstić information content (AvgIpc) is 3.08. The molecular formula is C18H17N3O3S2. The molecule has 1 heterocycles. The van der Waals surface area contributed by atoms with E-state index in [0.29, 0.717) is 5.69 Å². The standard InChI is InChI=1S/C18H17N3O3S2/c1-12-20-17(11-25-12)13-5-3-7-15(9-13)21-18(22)14-6-4-8-16(10-14)26(23,24)19-2/h3-11,19H,1-2H3,(H,21,22). The number of hydrogen-bond acceptors (Lipinski definition) is 5. The fourth-order valence-corrected chi connectivity index (χ4v) is 3.78. The molecule has 0 aliphatic heterocycles. The number of hydrogen-bond donors (Lipinski definition) is 2. The van der Waals surface area contributed by atoms with E-state index in [1.165, 1.54) is 25.2 Å². The molecule has 134 valence electrons. The Kier molecular flexibility index (Phi) is 5.17. The number of nitrogens with one attached hydrogen (secondary N) is 2. The third-order valence-corrected chi connectivity index (χ3v) is 5.90. The Balaban J connectivity index is 1.84. The van der Waals surface area contributed by atoms with E-state index in [4.69, 9.17) is 0 Å². The Morgan fingerprint density at radius 3 is 2.58 bits per heavy atom. The van der Waals surface area contributed by atoms with Crippen LogP contribution in [-0.4, -0.2) is 26.4 Å². The number of sulfonamides is 1. The van der Waals surface area contributed by atoms with Gasteiger partial charge in [-0.15, -0.1) is 11.3 Å². The van der Waals surface area contributed by atoms with E-state index in [1.54, 1.807) is 23.5 Å². The van der Waals surface area contributed by atoms with Gasteiger partial charge in [0.2, 0.25) is 10.0 Å². The molecule has 1 amide bonds.